The number of nitrogens with one attached hydrogen (secondary N) is 1. The van der Waals surface area contributed by atoms with Crippen LogP contribution in [0.25, 0.3) is 0 Å². The third-order valence-corrected chi connectivity index (χ3v) is 4.19. The molecule has 0 radical (unpaired) electrons. The molecule has 26 heavy (non-hydrogen) atoms. The van der Waals surface area contributed by atoms with E-state index in [2.05, 4.69) is 10.3 Å². The van der Waals surface area contributed by atoms with Crippen LogP contribution in [0.4, 0.5) is 4.39 Å². The molecule has 8 heteroatoms. The van der Waals surface area contributed by atoms with Crippen LogP contribution >= 0.6 is 0 Å². The predicted molar refractivity (Wildman–Crippen MR) is 89.9 cm³/mol. The first-order chi connectivity index (χ1) is 12.5. The number of hydrogen-bond donors (Lipinski definition) is 1. The lowest BCUT2D eigenvalue weighted by Gasteiger charge is -2.13. The van der Waals surface area contributed by atoms with Crippen LogP contribution < -0.4 is 10.1 Å². The lowest BCUT2D eigenvalue weighted by Crippen LogP contribution is -2.31. The molecule has 3 rings (SSSR count). The Morgan fingerprint density at radius 1 is 1.42 bits per heavy atom. The molecule has 0 aliphatic carbocycles. The molecule has 2 amide bonds. The van der Waals surface area contributed by atoms with E-state index in [1.165, 1.54) is 30.5 Å². The van der Waals surface area contributed by atoms with Crippen molar-refractivity contribution in [1.82, 2.24) is 15.2 Å². The van der Waals surface area contributed by atoms with Gasteiger partial charge in [-0.3, -0.25) is 9.59 Å². The second-order valence-corrected chi connectivity index (χ2v) is 6.08. The van der Waals surface area contributed by atoms with Gasteiger partial charge in [0.05, 0.1) is 0 Å². The van der Waals surface area contributed by atoms with Crippen molar-refractivity contribution >= 4 is 11.8 Å². The van der Waals surface area contributed by atoms with Gasteiger partial charge in [0.1, 0.15) is 17.8 Å². The second-order valence-electron chi connectivity index (χ2n) is 6.08. The van der Waals surface area contributed by atoms with Gasteiger partial charge in [-0.2, -0.15) is 0 Å². The van der Waals surface area contributed by atoms with Crippen molar-refractivity contribution in [3.8, 4) is 5.75 Å². The van der Waals surface area contributed by atoms with Crippen LogP contribution in [0.5, 0.6) is 5.75 Å². The average Bonchev–Trinajstić information content (AvgIpc) is 3.25. The highest BCUT2D eigenvalue weighted by atomic mass is 19.1. The topological polar surface area (TPSA) is 84.7 Å². The highest BCUT2D eigenvalue weighted by Crippen LogP contribution is 2.17. The standard InChI is InChI=1S/C18H20FN3O4/c1-2-22-9-12(7-17(22)23)8-20-18(24)15-10-26-16(21-15)11-25-14-5-3-13(19)4-6-14/h3-6,10,12H,2,7-9,11H2,1H3,(H,20,24). The zero-order valence-corrected chi connectivity index (χ0v) is 14.4. The minimum absolute atomic E-state index is 0.0293. The third kappa shape index (κ3) is 4.38. The summed E-state index contributed by atoms with van der Waals surface area (Å²) in [5.74, 6) is 0.241. The first kappa shape index (κ1) is 17.9. The third-order valence-electron chi connectivity index (χ3n) is 4.19. The Hall–Kier alpha value is -2.90. The Kier molecular flexibility index (Phi) is 5.50. The summed E-state index contributed by atoms with van der Waals surface area (Å²) in [7, 11) is 0. The van der Waals surface area contributed by atoms with Gasteiger partial charge in [-0.25, -0.2) is 9.37 Å². The van der Waals surface area contributed by atoms with Gasteiger partial charge in [-0.1, -0.05) is 0 Å². The highest BCUT2D eigenvalue weighted by molar-refractivity contribution is 5.92. The molecule has 1 atom stereocenters. The van der Waals surface area contributed by atoms with Crippen LogP contribution in [0, 0.1) is 11.7 Å². The monoisotopic (exact) mass is 361 g/mol. The predicted octanol–water partition coefficient (Wildman–Crippen LogP) is 1.99. The molecule has 0 saturated carbocycles. The molecule has 138 valence electrons. The van der Waals surface area contributed by atoms with Crippen LogP contribution in [0.15, 0.2) is 34.9 Å². The van der Waals surface area contributed by atoms with Crippen molar-refractivity contribution in [3.05, 3.63) is 47.9 Å². The maximum absolute atomic E-state index is 12.8. The summed E-state index contributed by atoms with van der Waals surface area (Å²) < 4.78 is 23.5. The van der Waals surface area contributed by atoms with E-state index in [1.54, 1.807) is 4.90 Å². The average molecular weight is 361 g/mol. The van der Waals surface area contributed by atoms with Crippen LogP contribution in [0.3, 0.4) is 0 Å². The Labute approximate surface area is 150 Å². The van der Waals surface area contributed by atoms with Crippen LogP contribution in [0.2, 0.25) is 0 Å². The lowest BCUT2D eigenvalue weighted by molar-refractivity contribution is -0.127. The SMILES string of the molecule is CCN1CC(CNC(=O)c2coc(COc3ccc(F)cc3)n2)CC1=O. The number of hydrogen-bond acceptors (Lipinski definition) is 5. The minimum Gasteiger partial charge on any atom is -0.484 e. The summed E-state index contributed by atoms with van der Waals surface area (Å²) in [6.45, 7) is 3.72. The number of carbonyl (C=O) groups is 2. The molecular weight excluding hydrogens is 341 g/mol. The second kappa shape index (κ2) is 7.99. The number of amides is 2. The molecule has 0 bridgehead atoms. The minimum atomic E-state index is -0.357. The lowest BCUT2D eigenvalue weighted by atomic mass is 10.1. The number of rotatable bonds is 7. The molecule has 1 N–H and O–H groups in total. The molecule has 1 aliphatic rings. The molecular formula is C18H20FN3O4. The van der Waals surface area contributed by atoms with E-state index in [9.17, 15) is 14.0 Å². The number of ether oxygens (including phenoxy) is 1. The van der Waals surface area contributed by atoms with Gasteiger partial charge >= 0.3 is 0 Å². The van der Waals surface area contributed by atoms with E-state index in [0.717, 1.165) is 0 Å². The summed E-state index contributed by atoms with van der Waals surface area (Å²) in [6, 6.07) is 5.57. The van der Waals surface area contributed by atoms with Gasteiger partial charge in [0, 0.05) is 32.0 Å². The van der Waals surface area contributed by atoms with E-state index in [4.69, 9.17) is 9.15 Å². The molecule has 0 spiro atoms. The first-order valence-electron chi connectivity index (χ1n) is 8.44. The molecule has 1 aliphatic heterocycles. The number of carbonyl (C=O) groups excluding carboxylic acids is 2. The number of benzene rings is 1. The molecule has 2 heterocycles. The molecule has 7 nitrogen and oxygen atoms in total. The first-order valence-corrected chi connectivity index (χ1v) is 8.44. The molecule has 2 aromatic rings. The van der Waals surface area contributed by atoms with E-state index >= 15 is 0 Å². The van der Waals surface area contributed by atoms with Crippen molar-refractivity contribution in [2.75, 3.05) is 19.6 Å². The molecule has 1 fully saturated rings. The maximum Gasteiger partial charge on any atom is 0.273 e. The normalized spacial score (nSPS) is 16.8. The van der Waals surface area contributed by atoms with Gasteiger partial charge in [-0.05, 0) is 31.2 Å². The summed E-state index contributed by atoms with van der Waals surface area (Å²) in [6.07, 6.45) is 1.71. The Balaban J connectivity index is 1.47. The number of oxazole rings is 1. The number of halogens is 1. The zero-order chi connectivity index (χ0) is 18.5. The molecule has 1 unspecified atom stereocenters. The van der Waals surface area contributed by atoms with Crippen molar-refractivity contribution in [3.63, 3.8) is 0 Å². The van der Waals surface area contributed by atoms with Gasteiger partial charge in [0.2, 0.25) is 11.8 Å². The smallest absolute Gasteiger partial charge is 0.273 e. The van der Waals surface area contributed by atoms with Crippen LogP contribution in [0.1, 0.15) is 29.7 Å². The number of nitrogens with zero attached hydrogens (tertiary/aromatic N) is 2. The summed E-state index contributed by atoms with van der Waals surface area (Å²) in [5, 5.41) is 2.78. The Morgan fingerprint density at radius 3 is 2.88 bits per heavy atom. The number of aromatic nitrogens is 1. The summed E-state index contributed by atoms with van der Waals surface area (Å²) in [5.41, 5.74) is 0.152. The molecule has 1 aromatic carbocycles. The fraction of sp³-hybridized carbons (Fsp3) is 0.389. The van der Waals surface area contributed by atoms with Crippen molar-refractivity contribution in [2.24, 2.45) is 5.92 Å². The molecule has 1 saturated heterocycles. The van der Waals surface area contributed by atoms with Gasteiger partial charge in [-0.15, -0.1) is 0 Å². The van der Waals surface area contributed by atoms with Gasteiger partial charge < -0.3 is 19.4 Å². The Bertz CT molecular complexity index is 775. The van der Waals surface area contributed by atoms with E-state index in [0.29, 0.717) is 31.8 Å². The van der Waals surface area contributed by atoms with E-state index in [-0.39, 0.29) is 41.7 Å². The van der Waals surface area contributed by atoms with Gasteiger partial charge in [0.25, 0.3) is 5.91 Å². The van der Waals surface area contributed by atoms with Crippen molar-refractivity contribution in [1.29, 1.82) is 0 Å². The quantitative estimate of drug-likeness (QED) is 0.815. The van der Waals surface area contributed by atoms with Crippen LogP contribution in [-0.2, 0) is 11.4 Å². The Morgan fingerprint density at radius 2 is 2.19 bits per heavy atom. The van der Waals surface area contributed by atoms with Crippen molar-refractivity contribution < 1.29 is 23.1 Å². The summed E-state index contributed by atoms with van der Waals surface area (Å²) in [4.78, 5) is 29.7. The highest BCUT2D eigenvalue weighted by Gasteiger charge is 2.28. The zero-order valence-electron chi connectivity index (χ0n) is 14.4. The fourth-order valence-corrected chi connectivity index (χ4v) is 2.78. The van der Waals surface area contributed by atoms with E-state index < -0.39 is 0 Å². The molecule has 1 aromatic heterocycles. The van der Waals surface area contributed by atoms with E-state index in [1.807, 2.05) is 6.92 Å². The fourth-order valence-electron chi connectivity index (χ4n) is 2.78. The maximum atomic E-state index is 12.8. The van der Waals surface area contributed by atoms with Crippen LogP contribution in [-0.4, -0.2) is 41.3 Å². The van der Waals surface area contributed by atoms with Gasteiger partial charge in [0.15, 0.2) is 12.3 Å². The summed E-state index contributed by atoms with van der Waals surface area (Å²) >= 11 is 0. The largest absolute Gasteiger partial charge is 0.484 e. The number of likely N-dealkylation sites (tertiary alicyclic amines) is 1. The van der Waals surface area contributed by atoms with Crippen molar-refractivity contribution in [2.45, 2.75) is 20.0 Å².